The molecule has 4 heteroatoms. The first-order valence-electron chi connectivity index (χ1n) is 2.67. The van der Waals surface area contributed by atoms with Crippen LogP contribution in [0.5, 0.6) is 0 Å². The van der Waals surface area contributed by atoms with Gasteiger partial charge in [0.2, 0.25) is 0 Å². The summed E-state index contributed by atoms with van der Waals surface area (Å²) >= 11 is 0. The van der Waals surface area contributed by atoms with Crippen molar-refractivity contribution in [1.82, 2.24) is 4.98 Å². The second kappa shape index (κ2) is 2.60. The first-order chi connectivity index (χ1) is 4.72. The third kappa shape index (κ3) is 1.21. The van der Waals surface area contributed by atoms with Gasteiger partial charge in [-0.25, -0.2) is 8.78 Å². The number of halogens is 2. The van der Waals surface area contributed by atoms with Gasteiger partial charge in [0.1, 0.15) is 0 Å². The number of rotatable bonds is 1. The molecule has 54 valence electrons. The molecule has 0 saturated carbocycles. The average molecular weight is 145 g/mol. The number of hydrogen-bond donors (Lipinski definition) is 1. The number of H-pyrrole nitrogens is 1. The molecular weight excluding hydrogens is 140 g/mol. The second-order valence-electron chi connectivity index (χ2n) is 1.76. The van der Waals surface area contributed by atoms with Gasteiger partial charge in [0.05, 0.1) is 5.56 Å². The van der Waals surface area contributed by atoms with Gasteiger partial charge in [-0.05, 0) is 12.1 Å². The van der Waals surface area contributed by atoms with Crippen molar-refractivity contribution in [3.8, 4) is 0 Å². The lowest BCUT2D eigenvalue weighted by atomic mass is 10.3. The van der Waals surface area contributed by atoms with E-state index in [0.29, 0.717) is 0 Å². The Balaban J connectivity index is 3.16. The maximum atomic E-state index is 11.8. The van der Waals surface area contributed by atoms with E-state index in [1.165, 1.54) is 12.3 Å². The topological polar surface area (TPSA) is 32.9 Å². The molecule has 1 aromatic rings. The summed E-state index contributed by atoms with van der Waals surface area (Å²) in [6.07, 6.45) is -1.38. The van der Waals surface area contributed by atoms with Crippen molar-refractivity contribution in [2.75, 3.05) is 0 Å². The molecule has 0 saturated heterocycles. The summed E-state index contributed by atoms with van der Waals surface area (Å²) in [5.41, 5.74) is -1.21. The molecular formula is C6H5F2NO. The first-order valence-corrected chi connectivity index (χ1v) is 2.67. The van der Waals surface area contributed by atoms with Crippen molar-refractivity contribution >= 4 is 0 Å². The molecule has 0 atom stereocenters. The fraction of sp³-hybridized carbons (Fsp3) is 0.167. The zero-order chi connectivity index (χ0) is 7.56. The van der Waals surface area contributed by atoms with Crippen LogP contribution in [-0.2, 0) is 0 Å². The van der Waals surface area contributed by atoms with Gasteiger partial charge in [0.25, 0.3) is 12.0 Å². The molecule has 0 aromatic carbocycles. The van der Waals surface area contributed by atoms with Crippen LogP contribution in [0.25, 0.3) is 0 Å². The summed E-state index contributed by atoms with van der Waals surface area (Å²) < 4.78 is 23.6. The van der Waals surface area contributed by atoms with E-state index in [9.17, 15) is 13.6 Å². The number of aromatic amines is 1. The van der Waals surface area contributed by atoms with E-state index in [1.54, 1.807) is 0 Å². The Morgan fingerprint density at radius 2 is 2.20 bits per heavy atom. The zero-order valence-corrected chi connectivity index (χ0v) is 4.97. The van der Waals surface area contributed by atoms with E-state index in [0.717, 1.165) is 6.07 Å². The van der Waals surface area contributed by atoms with Crippen LogP contribution in [-0.4, -0.2) is 4.98 Å². The van der Waals surface area contributed by atoms with Crippen molar-refractivity contribution in [3.05, 3.63) is 34.2 Å². The fourth-order valence-corrected chi connectivity index (χ4v) is 0.606. The SMILES string of the molecule is O=c1[nH]cccc1C(F)F. The van der Waals surface area contributed by atoms with Crippen molar-refractivity contribution in [2.45, 2.75) is 6.43 Å². The van der Waals surface area contributed by atoms with Crippen LogP contribution in [0, 0.1) is 0 Å². The smallest absolute Gasteiger partial charge is 0.269 e. The Kier molecular flexibility index (Phi) is 1.80. The molecule has 0 unspecified atom stereocenters. The predicted molar refractivity (Wildman–Crippen MR) is 32.0 cm³/mol. The van der Waals surface area contributed by atoms with Gasteiger partial charge in [0.15, 0.2) is 0 Å². The number of hydrogen-bond acceptors (Lipinski definition) is 1. The van der Waals surface area contributed by atoms with E-state index >= 15 is 0 Å². The highest BCUT2D eigenvalue weighted by molar-refractivity contribution is 5.09. The van der Waals surface area contributed by atoms with Gasteiger partial charge in [-0.1, -0.05) is 0 Å². The van der Waals surface area contributed by atoms with Crippen LogP contribution >= 0.6 is 0 Å². The lowest BCUT2D eigenvalue weighted by Crippen LogP contribution is -2.10. The summed E-state index contributed by atoms with van der Waals surface area (Å²) in [5.74, 6) is 0. The van der Waals surface area contributed by atoms with Gasteiger partial charge in [-0.2, -0.15) is 0 Å². The lowest BCUT2D eigenvalue weighted by Gasteiger charge is -1.93. The largest absolute Gasteiger partial charge is 0.329 e. The molecule has 0 amide bonds. The Morgan fingerprint density at radius 1 is 1.50 bits per heavy atom. The first kappa shape index (κ1) is 6.92. The van der Waals surface area contributed by atoms with Crippen molar-refractivity contribution in [1.29, 1.82) is 0 Å². The van der Waals surface area contributed by atoms with Crippen LogP contribution in [0.3, 0.4) is 0 Å². The molecule has 1 N–H and O–H groups in total. The average Bonchev–Trinajstić information content (AvgIpc) is 1.88. The van der Waals surface area contributed by atoms with E-state index in [2.05, 4.69) is 4.98 Å². The van der Waals surface area contributed by atoms with Crippen LogP contribution in [0.1, 0.15) is 12.0 Å². The summed E-state index contributed by atoms with van der Waals surface area (Å²) in [7, 11) is 0. The minimum Gasteiger partial charge on any atom is -0.329 e. The van der Waals surface area contributed by atoms with Crippen molar-refractivity contribution in [2.24, 2.45) is 0 Å². The van der Waals surface area contributed by atoms with E-state index in [1.807, 2.05) is 0 Å². The van der Waals surface area contributed by atoms with E-state index < -0.39 is 17.5 Å². The lowest BCUT2D eigenvalue weighted by molar-refractivity contribution is 0.149. The van der Waals surface area contributed by atoms with Gasteiger partial charge in [-0.3, -0.25) is 4.79 Å². The second-order valence-corrected chi connectivity index (χ2v) is 1.76. The van der Waals surface area contributed by atoms with Crippen LogP contribution in [0.2, 0.25) is 0 Å². The predicted octanol–water partition coefficient (Wildman–Crippen LogP) is 1.31. The summed E-state index contributed by atoms with van der Waals surface area (Å²) in [5, 5.41) is 0. The summed E-state index contributed by atoms with van der Waals surface area (Å²) in [4.78, 5) is 12.7. The highest BCUT2D eigenvalue weighted by Crippen LogP contribution is 2.12. The summed E-state index contributed by atoms with van der Waals surface area (Å²) in [6.45, 7) is 0. The van der Waals surface area contributed by atoms with Crippen LogP contribution < -0.4 is 5.56 Å². The third-order valence-corrected chi connectivity index (χ3v) is 1.08. The van der Waals surface area contributed by atoms with E-state index in [4.69, 9.17) is 0 Å². The molecule has 1 heterocycles. The number of pyridine rings is 1. The maximum Gasteiger partial charge on any atom is 0.269 e. The molecule has 10 heavy (non-hydrogen) atoms. The van der Waals surface area contributed by atoms with Crippen LogP contribution in [0.4, 0.5) is 8.78 Å². The number of aromatic nitrogens is 1. The minimum atomic E-state index is -2.69. The summed E-state index contributed by atoms with van der Waals surface area (Å²) in [6, 6.07) is 2.46. The highest BCUT2D eigenvalue weighted by Gasteiger charge is 2.09. The Bertz CT molecular complexity index is 268. The molecule has 0 fully saturated rings. The quantitative estimate of drug-likeness (QED) is 0.635. The normalized spacial score (nSPS) is 10.3. The molecule has 0 radical (unpaired) electrons. The molecule has 0 aliphatic rings. The molecule has 0 aliphatic carbocycles. The molecule has 0 spiro atoms. The molecule has 1 aromatic heterocycles. The Labute approximate surface area is 55.5 Å². The van der Waals surface area contributed by atoms with Gasteiger partial charge < -0.3 is 4.98 Å². The number of nitrogens with one attached hydrogen (secondary N) is 1. The molecule has 0 bridgehead atoms. The van der Waals surface area contributed by atoms with Crippen molar-refractivity contribution < 1.29 is 8.78 Å². The van der Waals surface area contributed by atoms with Gasteiger partial charge >= 0.3 is 0 Å². The standard InChI is InChI=1S/C6H5F2NO/c7-5(8)4-2-1-3-9-6(4)10/h1-3,5H,(H,9,10). The Hall–Kier alpha value is -1.19. The molecule has 2 nitrogen and oxygen atoms in total. The minimum absolute atomic E-state index is 0.484. The highest BCUT2D eigenvalue weighted by atomic mass is 19.3. The van der Waals surface area contributed by atoms with Crippen molar-refractivity contribution in [3.63, 3.8) is 0 Å². The molecule has 0 aliphatic heterocycles. The maximum absolute atomic E-state index is 11.8. The molecule has 1 rings (SSSR count). The van der Waals surface area contributed by atoms with E-state index in [-0.39, 0.29) is 0 Å². The fourth-order valence-electron chi connectivity index (χ4n) is 0.606. The van der Waals surface area contributed by atoms with Gasteiger partial charge in [0, 0.05) is 6.20 Å². The zero-order valence-electron chi connectivity index (χ0n) is 4.97. The number of alkyl halides is 2. The monoisotopic (exact) mass is 145 g/mol. The third-order valence-electron chi connectivity index (χ3n) is 1.08. The Morgan fingerprint density at radius 3 is 2.60 bits per heavy atom. The van der Waals surface area contributed by atoms with Gasteiger partial charge in [-0.15, -0.1) is 0 Å². The van der Waals surface area contributed by atoms with Crippen LogP contribution in [0.15, 0.2) is 23.1 Å².